The first kappa shape index (κ1) is 17.0. The average molecular weight is 416 g/mol. The molecule has 1 saturated heterocycles. The Morgan fingerprint density at radius 3 is 2.92 bits per heavy atom. The van der Waals surface area contributed by atoms with E-state index in [4.69, 9.17) is 16.6 Å². The van der Waals surface area contributed by atoms with Gasteiger partial charge in [0.25, 0.3) is 0 Å². The average Bonchev–Trinajstić information content (AvgIpc) is 2.93. The van der Waals surface area contributed by atoms with Crippen molar-refractivity contribution in [2.75, 3.05) is 6.54 Å². The van der Waals surface area contributed by atoms with Gasteiger partial charge in [-0.25, -0.2) is 0 Å². The maximum absolute atomic E-state index is 6.21. The minimum absolute atomic E-state index is 0.149. The molecule has 0 aliphatic carbocycles. The zero-order valence-electron chi connectivity index (χ0n) is 14.1. The summed E-state index contributed by atoms with van der Waals surface area (Å²) in [6.07, 6.45) is 3.18. The molecule has 0 aromatic heterocycles. The summed E-state index contributed by atoms with van der Waals surface area (Å²) in [5.41, 5.74) is 4.44. The lowest BCUT2D eigenvalue weighted by Gasteiger charge is -2.47. The van der Waals surface area contributed by atoms with Gasteiger partial charge in [0.05, 0.1) is 11.1 Å². The Morgan fingerprint density at radius 1 is 1.32 bits per heavy atom. The summed E-state index contributed by atoms with van der Waals surface area (Å²) in [5, 5.41) is 4.41. The largest absolute Gasteiger partial charge is 0.309 e. The minimum atomic E-state index is -0.231. The van der Waals surface area contributed by atoms with Crippen molar-refractivity contribution in [2.45, 2.75) is 30.7 Å². The fourth-order valence-electron chi connectivity index (χ4n) is 4.46. The number of piperidine rings is 1. The molecule has 0 amide bonds. The van der Waals surface area contributed by atoms with Crippen molar-refractivity contribution in [3.05, 3.63) is 75.2 Å². The maximum Gasteiger partial charge on any atom is 0.0683 e. The zero-order chi connectivity index (χ0) is 17.6. The second-order valence-electron chi connectivity index (χ2n) is 6.98. The van der Waals surface area contributed by atoms with E-state index >= 15 is 0 Å². The van der Waals surface area contributed by atoms with Gasteiger partial charge in [-0.2, -0.15) is 0 Å². The van der Waals surface area contributed by atoms with Gasteiger partial charge in [-0.3, -0.25) is 4.99 Å². The van der Waals surface area contributed by atoms with E-state index < -0.39 is 0 Å². The molecule has 2 nitrogen and oxygen atoms in total. The number of halogens is 2. The van der Waals surface area contributed by atoms with Crippen LogP contribution in [0.3, 0.4) is 0 Å². The van der Waals surface area contributed by atoms with E-state index in [-0.39, 0.29) is 11.5 Å². The Labute approximate surface area is 162 Å². The Hall–Kier alpha value is -1.42. The third kappa shape index (κ3) is 2.69. The highest BCUT2D eigenvalue weighted by molar-refractivity contribution is 9.10. The zero-order valence-corrected chi connectivity index (χ0v) is 16.4. The number of fused-ring (bicyclic) bond motifs is 2. The van der Waals surface area contributed by atoms with Crippen molar-refractivity contribution in [3.63, 3.8) is 0 Å². The summed E-state index contributed by atoms with van der Waals surface area (Å²) in [4.78, 5) is 4.77. The van der Waals surface area contributed by atoms with Gasteiger partial charge >= 0.3 is 0 Å². The van der Waals surface area contributed by atoms with Crippen LogP contribution in [-0.4, -0.2) is 18.8 Å². The van der Waals surface area contributed by atoms with Crippen LogP contribution >= 0.6 is 27.5 Å². The molecule has 128 valence electrons. The van der Waals surface area contributed by atoms with Gasteiger partial charge in [-0.1, -0.05) is 57.9 Å². The smallest absolute Gasteiger partial charge is 0.0683 e. The molecule has 2 aliphatic heterocycles. The van der Waals surface area contributed by atoms with Crippen molar-refractivity contribution in [2.24, 2.45) is 4.99 Å². The highest BCUT2D eigenvalue weighted by atomic mass is 79.9. The lowest BCUT2D eigenvalue weighted by Crippen LogP contribution is -2.57. The van der Waals surface area contributed by atoms with Crippen molar-refractivity contribution in [3.8, 4) is 0 Å². The molecule has 2 aliphatic rings. The first-order chi connectivity index (χ1) is 12.0. The molecule has 0 saturated carbocycles. The predicted molar refractivity (Wildman–Crippen MR) is 109 cm³/mol. The molecule has 4 heteroatoms. The minimum Gasteiger partial charge on any atom is -0.309 e. The molecule has 2 aromatic rings. The Balaban J connectivity index is 1.93. The predicted octanol–water partition coefficient (Wildman–Crippen LogP) is 5.78. The normalized spacial score (nSPS) is 27.5. The number of hydrogen-bond donors (Lipinski definition) is 1. The van der Waals surface area contributed by atoms with Gasteiger partial charge in [0.15, 0.2) is 0 Å². The van der Waals surface area contributed by atoms with Gasteiger partial charge in [0, 0.05) is 27.7 Å². The molecule has 2 heterocycles. The van der Waals surface area contributed by atoms with E-state index in [1.54, 1.807) is 0 Å². The number of aliphatic imine (C=N–C) groups is 1. The lowest BCUT2D eigenvalue weighted by molar-refractivity contribution is 0.294. The number of benzene rings is 2. The first-order valence-corrected chi connectivity index (χ1v) is 9.69. The quantitative estimate of drug-likeness (QED) is 0.618. The summed E-state index contributed by atoms with van der Waals surface area (Å²) in [6.45, 7) is 7.34. The molecule has 25 heavy (non-hydrogen) atoms. The molecule has 1 spiro atoms. The van der Waals surface area contributed by atoms with Crippen LogP contribution in [0.5, 0.6) is 0 Å². The number of rotatable bonds is 2. The van der Waals surface area contributed by atoms with Crippen LogP contribution < -0.4 is 5.32 Å². The van der Waals surface area contributed by atoms with E-state index in [1.807, 2.05) is 12.1 Å². The summed E-state index contributed by atoms with van der Waals surface area (Å²) < 4.78 is 1.11. The molecule has 1 fully saturated rings. The van der Waals surface area contributed by atoms with Crippen LogP contribution in [0.15, 0.2) is 64.1 Å². The molecule has 0 radical (unpaired) electrons. The SMILES string of the molecule is C=C(C)[C@H]1NCC[C@@H](c2cccc(Br)c2)[C@]12C=Nc1cc(Cl)ccc12. The molecule has 0 bridgehead atoms. The third-order valence-corrected chi connectivity index (χ3v) is 6.15. The van der Waals surface area contributed by atoms with Crippen molar-refractivity contribution in [1.82, 2.24) is 5.32 Å². The molecule has 0 unspecified atom stereocenters. The fraction of sp³-hybridized carbons (Fsp3) is 0.286. The summed E-state index contributed by atoms with van der Waals surface area (Å²) in [6, 6.07) is 14.9. The summed E-state index contributed by atoms with van der Waals surface area (Å²) in [7, 11) is 0. The molecule has 3 atom stereocenters. The van der Waals surface area contributed by atoms with Gasteiger partial charge in [-0.05, 0) is 55.3 Å². The standard InChI is InChI=1S/C21H20BrClN2/c1-13(2)20-21(12-25-19-11-16(23)6-7-18(19)21)17(8-9-24-20)14-4-3-5-15(22)10-14/h3-7,10-12,17,20,24H,1,8-9H2,2H3/t17-,20+,21-/m0/s1. The van der Waals surface area contributed by atoms with E-state index in [1.165, 1.54) is 11.1 Å². The van der Waals surface area contributed by atoms with Crippen LogP contribution in [0.25, 0.3) is 0 Å². The molecule has 2 aromatic carbocycles. The van der Waals surface area contributed by atoms with Crippen LogP contribution in [0.1, 0.15) is 30.4 Å². The van der Waals surface area contributed by atoms with Crippen LogP contribution in [0, 0.1) is 0 Å². The lowest BCUT2D eigenvalue weighted by atomic mass is 9.60. The Bertz CT molecular complexity index is 876. The van der Waals surface area contributed by atoms with Crippen molar-refractivity contribution < 1.29 is 0 Å². The highest BCUT2D eigenvalue weighted by Gasteiger charge is 2.51. The first-order valence-electron chi connectivity index (χ1n) is 8.52. The maximum atomic E-state index is 6.21. The van der Waals surface area contributed by atoms with Gasteiger partial charge in [0.2, 0.25) is 0 Å². The summed E-state index contributed by atoms with van der Waals surface area (Å²) >= 11 is 9.84. The molecular weight excluding hydrogens is 396 g/mol. The van der Waals surface area contributed by atoms with Crippen LogP contribution in [0.4, 0.5) is 5.69 Å². The number of hydrogen-bond acceptors (Lipinski definition) is 2. The molecule has 1 N–H and O–H groups in total. The van der Waals surface area contributed by atoms with Crippen molar-refractivity contribution in [1.29, 1.82) is 0 Å². The van der Waals surface area contributed by atoms with Crippen LogP contribution in [0.2, 0.25) is 5.02 Å². The van der Waals surface area contributed by atoms with E-state index in [0.717, 1.165) is 33.7 Å². The van der Waals surface area contributed by atoms with Crippen molar-refractivity contribution >= 4 is 39.4 Å². The second kappa shape index (κ2) is 6.39. The molecular formula is C21H20BrClN2. The topological polar surface area (TPSA) is 24.4 Å². The fourth-order valence-corrected chi connectivity index (χ4v) is 5.04. The van der Waals surface area contributed by atoms with E-state index in [2.05, 4.69) is 71.3 Å². The molecule has 4 rings (SSSR count). The van der Waals surface area contributed by atoms with E-state index in [0.29, 0.717) is 5.92 Å². The van der Waals surface area contributed by atoms with Crippen LogP contribution in [-0.2, 0) is 5.41 Å². The third-order valence-electron chi connectivity index (χ3n) is 5.42. The Morgan fingerprint density at radius 2 is 2.16 bits per heavy atom. The monoisotopic (exact) mass is 414 g/mol. The number of nitrogens with zero attached hydrogens (tertiary/aromatic N) is 1. The van der Waals surface area contributed by atoms with Gasteiger partial charge < -0.3 is 5.32 Å². The van der Waals surface area contributed by atoms with Gasteiger partial charge in [-0.15, -0.1) is 0 Å². The van der Waals surface area contributed by atoms with E-state index in [9.17, 15) is 0 Å². The van der Waals surface area contributed by atoms with Gasteiger partial charge in [0.1, 0.15) is 0 Å². The number of nitrogens with one attached hydrogen (secondary N) is 1. The second-order valence-corrected chi connectivity index (χ2v) is 8.33. The Kier molecular flexibility index (Phi) is 4.35. The highest BCUT2D eigenvalue weighted by Crippen LogP contribution is 2.52. The summed E-state index contributed by atoms with van der Waals surface area (Å²) in [5.74, 6) is 0.333.